The molecule has 4 nitrogen and oxygen atoms in total. The van der Waals surface area contributed by atoms with Crippen molar-refractivity contribution in [1.29, 1.82) is 0 Å². The van der Waals surface area contributed by atoms with E-state index in [1.54, 1.807) is 18.5 Å². The van der Waals surface area contributed by atoms with E-state index >= 15 is 0 Å². The lowest BCUT2D eigenvalue weighted by molar-refractivity contribution is 0.760. The van der Waals surface area contributed by atoms with Crippen LogP contribution in [0, 0.1) is 0 Å². The van der Waals surface area contributed by atoms with Crippen LogP contribution in [0.25, 0.3) is 0 Å². The van der Waals surface area contributed by atoms with Crippen LogP contribution in [0.1, 0.15) is 17.6 Å². The normalized spacial score (nSPS) is 12.7. The molecule has 2 rings (SSSR count). The zero-order chi connectivity index (χ0) is 9.10. The molecular weight excluding hydrogens is 164 g/mol. The van der Waals surface area contributed by atoms with E-state index in [2.05, 4.69) is 15.0 Å². The molecule has 13 heavy (non-hydrogen) atoms. The van der Waals surface area contributed by atoms with Gasteiger partial charge in [0.15, 0.2) is 5.82 Å². The van der Waals surface area contributed by atoms with Crippen LogP contribution in [0.15, 0.2) is 36.8 Å². The Balaban J connectivity index is 2.29. The molecule has 0 spiro atoms. The first-order valence-electron chi connectivity index (χ1n) is 4.03. The number of H-pyrrole nitrogens is 1. The summed E-state index contributed by atoms with van der Waals surface area (Å²) in [5.74, 6) is 0.630. The molecule has 0 aliphatic carbocycles. The first kappa shape index (κ1) is 7.94. The van der Waals surface area contributed by atoms with Crippen molar-refractivity contribution < 1.29 is 0 Å². The van der Waals surface area contributed by atoms with Gasteiger partial charge in [-0.1, -0.05) is 0 Å². The molecule has 0 bridgehead atoms. The molecule has 1 unspecified atom stereocenters. The Labute approximate surface area is 75.8 Å². The fourth-order valence-electron chi connectivity index (χ4n) is 1.15. The topological polar surface area (TPSA) is 67.6 Å². The minimum Gasteiger partial charge on any atom is -0.363 e. The maximum atomic E-state index is 5.90. The second kappa shape index (κ2) is 3.37. The number of aromatic nitrogens is 3. The number of hydrogen-bond donors (Lipinski definition) is 2. The molecule has 4 heteroatoms. The van der Waals surface area contributed by atoms with Gasteiger partial charge in [0.2, 0.25) is 0 Å². The average Bonchev–Trinajstić information content (AvgIpc) is 2.71. The summed E-state index contributed by atoms with van der Waals surface area (Å²) in [6, 6.07) is 5.32. The van der Waals surface area contributed by atoms with Crippen LogP contribution in [-0.2, 0) is 0 Å². The third-order valence-corrected chi connectivity index (χ3v) is 1.82. The van der Waals surface area contributed by atoms with E-state index in [1.807, 2.05) is 18.3 Å². The van der Waals surface area contributed by atoms with Crippen molar-refractivity contribution in [3.63, 3.8) is 0 Å². The molecule has 66 valence electrons. The molecule has 0 saturated heterocycles. The quantitative estimate of drug-likeness (QED) is 0.709. The van der Waals surface area contributed by atoms with Crippen molar-refractivity contribution in [2.24, 2.45) is 5.73 Å². The van der Waals surface area contributed by atoms with Gasteiger partial charge in [0.05, 0.1) is 0 Å². The third kappa shape index (κ3) is 1.57. The van der Waals surface area contributed by atoms with Gasteiger partial charge in [-0.3, -0.25) is 0 Å². The van der Waals surface area contributed by atoms with E-state index in [1.165, 1.54) is 0 Å². The predicted octanol–water partition coefficient (Wildman–Crippen LogP) is 0.853. The molecular formula is C9H10N4. The molecule has 0 saturated carbocycles. The first-order chi connectivity index (χ1) is 6.38. The number of nitrogens with two attached hydrogens (primary N) is 1. The van der Waals surface area contributed by atoms with Crippen LogP contribution in [0.5, 0.6) is 0 Å². The van der Waals surface area contributed by atoms with E-state index in [4.69, 9.17) is 5.73 Å². The summed E-state index contributed by atoms with van der Waals surface area (Å²) in [5, 5.41) is 0. The molecule has 0 aliphatic heterocycles. The van der Waals surface area contributed by atoms with Crippen LogP contribution in [0.3, 0.4) is 0 Å². The zero-order valence-corrected chi connectivity index (χ0v) is 7.01. The van der Waals surface area contributed by atoms with Gasteiger partial charge in [-0.25, -0.2) is 9.97 Å². The molecule has 0 fully saturated rings. The number of nitrogens with zero attached hydrogens (tertiary/aromatic N) is 2. The van der Waals surface area contributed by atoms with Crippen molar-refractivity contribution in [1.82, 2.24) is 15.0 Å². The SMILES string of the molecule is NC(c1ncccn1)c1ccc[nH]1. The number of nitrogens with one attached hydrogen (secondary N) is 1. The minimum atomic E-state index is -0.267. The second-order valence-corrected chi connectivity index (χ2v) is 2.71. The summed E-state index contributed by atoms with van der Waals surface area (Å²) in [4.78, 5) is 11.2. The fourth-order valence-corrected chi connectivity index (χ4v) is 1.15. The minimum absolute atomic E-state index is 0.267. The summed E-state index contributed by atoms with van der Waals surface area (Å²) in [6.45, 7) is 0. The molecule has 2 aromatic heterocycles. The monoisotopic (exact) mass is 174 g/mol. The van der Waals surface area contributed by atoms with E-state index in [0.29, 0.717) is 5.82 Å². The average molecular weight is 174 g/mol. The molecule has 0 aliphatic rings. The Morgan fingerprint density at radius 2 is 2.00 bits per heavy atom. The Kier molecular flexibility index (Phi) is 2.06. The Morgan fingerprint density at radius 1 is 1.23 bits per heavy atom. The maximum Gasteiger partial charge on any atom is 0.150 e. The lowest BCUT2D eigenvalue weighted by Gasteiger charge is -2.06. The summed E-state index contributed by atoms with van der Waals surface area (Å²) in [6.07, 6.45) is 5.20. The highest BCUT2D eigenvalue weighted by Crippen LogP contribution is 2.12. The van der Waals surface area contributed by atoms with Gasteiger partial charge in [0, 0.05) is 24.3 Å². The van der Waals surface area contributed by atoms with Gasteiger partial charge in [-0.05, 0) is 18.2 Å². The Bertz CT molecular complexity index is 354. The summed E-state index contributed by atoms with van der Waals surface area (Å²) in [5.41, 5.74) is 6.83. The van der Waals surface area contributed by atoms with Gasteiger partial charge in [-0.2, -0.15) is 0 Å². The number of aromatic amines is 1. The molecule has 0 aromatic carbocycles. The highest BCUT2D eigenvalue weighted by molar-refractivity contribution is 5.16. The highest BCUT2D eigenvalue weighted by atomic mass is 14.9. The van der Waals surface area contributed by atoms with Gasteiger partial charge in [-0.15, -0.1) is 0 Å². The van der Waals surface area contributed by atoms with E-state index in [9.17, 15) is 0 Å². The van der Waals surface area contributed by atoms with Gasteiger partial charge in [0.25, 0.3) is 0 Å². The molecule has 3 N–H and O–H groups in total. The second-order valence-electron chi connectivity index (χ2n) is 2.71. The highest BCUT2D eigenvalue weighted by Gasteiger charge is 2.10. The van der Waals surface area contributed by atoms with Crippen LogP contribution in [0.4, 0.5) is 0 Å². The summed E-state index contributed by atoms with van der Waals surface area (Å²) >= 11 is 0. The van der Waals surface area contributed by atoms with Crippen molar-refractivity contribution in [2.45, 2.75) is 6.04 Å². The zero-order valence-electron chi connectivity index (χ0n) is 7.01. The van der Waals surface area contributed by atoms with E-state index in [-0.39, 0.29) is 6.04 Å². The number of hydrogen-bond acceptors (Lipinski definition) is 3. The Morgan fingerprint density at radius 3 is 2.62 bits per heavy atom. The van der Waals surface area contributed by atoms with E-state index in [0.717, 1.165) is 5.69 Å². The first-order valence-corrected chi connectivity index (χ1v) is 4.03. The maximum absolute atomic E-state index is 5.90. The largest absolute Gasteiger partial charge is 0.363 e. The van der Waals surface area contributed by atoms with Crippen molar-refractivity contribution in [3.8, 4) is 0 Å². The van der Waals surface area contributed by atoms with Crippen LogP contribution in [-0.4, -0.2) is 15.0 Å². The third-order valence-electron chi connectivity index (χ3n) is 1.82. The van der Waals surface area contributed by atoms with E-state index < -0.39 is 0 Å². The van der Waals surface area contributed by atoms with Gasteiger partial charge < -0.3 is 10.7 Å². The summed E-state index contributed by atoms with van der Waals surface area (Å²) in [7, 11) is 0. The summed E-state index contributed by atoms with van der Waals surface area (Å²) < 4.78 is 0. The van der Waals surface area contributed by atoms with Crippen molar-refractivity contribution >= 4 is 0 Å². The molecule has 0 amide bonds. The van der Waals surface area contributed by atoms with Crippen LogP contribution >= 0.6 is 0 Å². The van der Waals surface area contributed by atoms with Crippen LogP contribution in [0.2, 0.25) is 0 Å². The Hall–Kier alpha value is -1.68. The molecule has 1 atom stereocenters. The van der Waals surface area contributed by atoms with Crippen molar-refractivity contribution in [3.05, 3.63) is 48.3 Å². The number of rotatable bonds is 2. The lowest BCUT2D eigenvalue weighted by Crippen LogP contribution is -2.15. The molecule has 0 radical (unpaired) electrons. The molecule has 2 aromatic rings. The smallest absolute Gasteiger partial charge is 0.150 e. The predicted molar refractivity (Wildman–Crippen MR) is 48.9 cm³/mol. The lowest BCUT2D eigenvalue weighted by atomic mass is 10.2. The van der Waals surface area contributed by atoms with Gasteiger partial charge >= 0.3 is 0 Å². The molecule has 2 heterocycles. The van der Waals surface area contributed by atoms with Crippen LogP contribution < -0.4 is 5.73 Å². The van der Waals surface area contributed by atoms with Crippen molar-refractivity contribution in [2.75, 3.05) is 0 Å². The standard InChI is InChI=1S/C9H10N4/c10-8(7-3-1-4-11-7)9-12-5-2-6-13-9/h1-6,8,11H,10H2. The fraction of sp³-hybridized carbons (Fsp3) is 0.111. The van der Waals surface area contributed by atoms with Gasteiger partial charge in [0.1, 0.15) is 6.04 Å².